The second-order valence-corrected chi connectivity index (χ2v) is 5.20. The van der Waals surface area contributed by atoms with E-state index in [1.54, 1.807) is 6.07 Å². The maximum atomic E-state index is 12.3. The molecule has 2 rings (SSSR count). The molecule has 0 heterocycles. The summed E-state index contributed by atoms with van der Waals surface area (Å²) in [6.07, 6.45) is -4.05. The van der Waals surface area contributed by atoms with Crippen LogP contribution >= 0.6 is 0 Å². The molecule has 0 aliphatic rings. The minimum absolute atomic E-state index is 0.0371. The first kappa shape index (κ1) is 18.6. The molecule has 1 N–H and O–H groups in total. The predicted octanol–water partition coefficient (Wildman–Crippen LogP) is 4.06. The van der Waals surface area contributed by atoms with Crippen LogP contribution in [-0.4, -0.2) is 18.9 Å². The van der Waals surface area contributed by atoms with Crippen molar-refractivity contribution >= 4 is 5.91 Å². The van der Waals surface area contributed by atoms with Crippen LogP contribution < -0.4 is 14.8 Å². The lowest BCUT2D eigenvalue weighted by atomic mass is 10.2. The van der Waals surface area contributed by atoms with E-state index in [4.69, 9.17) is 4.74 Å². The largest absolute Gasteiger partial charge is 0.573 e. The van der Waals surface area contributed by atoms with Crippen molar-refractivity contribution in [3.05, 3.63) is 60.2 Å². The van der Waals surface area contributed by atoms with E-state index in [1.165, 1.54) is 18.2 Å². The molecule has 0 aliphatic carbocycles. The molecule has 0 radical (unpaired) electrons. The zero-order valence-corrected chi connectivity index (χ0v) is 13.4. The molecule has 0 fully saturated rings. The highest BCUT2D eigenvalue weighted by Gasteiger charge is 2.31. The Hall–Kier alpha value is -2.70. The van der Waals surface area contributed by atoms with Crippen LogP contribution in [0, 0.1) is 0 Å². The van der Waals surface area contributed by atoms with Crippen molar-refractivity contribution < 1.29 is 27.4 Å². The molecule has 0 atom stereocenters. The number of ether oxygens (including phenoxy) is 2. The van der Waals surface area contributed by atoms with Gasteiger partial charge in [-0.2, -0.15) is 0 Å². The number of nitrogens with one attached hydrogen (secondary N) is 1. The topological polar surface area (TPSA) is 47.6 Å². The van der Waals surface area contributed by atoms with Crippen LogP contribution in [0.2, 0.25) is 0 Å². The molecule has 0 bridgehead atoms. The molecular formula is C18H18F3NO3. The number of alkyl halides is 3. The number of para-hydroxylation sites is 2. The van der Waals surface area contributed by atoms with Crippen molar-refractivity contribution in [3.63, 3.8) is 0 Å². The summed E-state index contributed by atoms with van der Waals surface area (Å²) < 4.78 is 46.4. The minimum Gasteiger partial charge on any atom is -0.494 e. The highest BCUT2D eigenvalue weighted by molar-refractivity contribution is 5.75. The highest BCUT2D eigenvalue weighted by atomic mass is 19.4. The summed E-state index contributed by atoms with van der Waals surface area (Å²) in [5, 5.41) is 2.58. The van der Waals surface area contributed by atoms with Crippen LogP contribution in [-0.2, 0) is 11.3 Å². The van der Waals surface area contributed by atoms with Crippen LogP contribution in [0.1, 0.15) is 18.4 Å². The van der Waals surface area contributed by atoms with Gasteiger partial charge in [-0.1, -0.05) is 36.4 Å². The van der Waals surface area contributed by atoms with Crippen molar-refractivity contribution in [2.45, 2.75) is 25.7 Å². The van der Waals surface area contributed by atoms with E-state index in [2.05, 4.69) is 10.1 Å². The van der Waals surface area contributed by atoms with Crippen molar-refractivity contribution in [1.29, 1.82) is 0 Å². The number of rotatable bonds is 8. The first-order valence-electron chi connectivity index (χ1n) is 7.72. The highest BCUT2D eigenvalue weighted by Crippen LogP contribution is 2.26. The molecular weight excluding hydrogens is 335 g/mol. The Morgan fingerprint density at radius 2 is 1.68 bits per heavy atom. The minimum atomic E-state index is -4.77. The molecule has 2 aromatic carbocycles. The fourth-order valence-corrected chi connectivity index (χ4v) is 2.10. The Bertz CT molecular complexity index is 675. The Balaban J connectivity index is 1.73. The van der Waals surface area contributed by atoms with Gasteiger partial charge < -0.3 is 14.8 Å². The lowest BCUT2D eigenvalue weighted by molar-refractivity contribution is -0.274. The normalized spacial score (nSPS) is 11.0. The fraction of sp³-hybridized carbons (Fsp3) is 0.278. The van der Waals surface area contributed by atoms with E-state index in [0.29, 0.717) is 13.0 Å². The Kier molecular flexibility index (Phi) is 6.68. The first-order chi connectivity index (χ1) is 11.9. The maximum absolute atomic E-state index is 12.3. The summed E-state index contributed by atoms with van der Waals surface area (Å²) in [6.45, 7) is 0.343. The lowest BCUT2D eigenvalue weighted by Gasteiger charge is -2.13. The SMILES string of the molecule is O=C(CCCOc1ccccc1)NCc1ccccc1OC(F)(F)F. The van der Waals surface area contributed by atoms with E-state index in [0.717, 1.165) is 5.75 Å². The molecule has 0 spiro atoms. The Morgan fingerprint density at radius 3 is 2.40 bits per heavy atom. The number of benzene rings is 2. The fourth-order valence-electron chi connectivity index (χ4n) is 2.10. The van der Waals surface area contributed by atoms with Crippen LogP contribution in [0.25, 0.3) is 0 Å². The molecule has 0 aromatic heterocycles. The van der Waals surface area contributed by atoms with E-state index < -0.39 is 6.36 Å². The van der Waals surface area contributed by atoms with Gasteiger partial charge in [-0.15, -0.1) is 13.2 Å². The zero-order valence-electron chi connectivity index (χ0n) is 13.4. The standard InChI is InChI=1S/C18H18F3NO3/c19-18(20,21)25-16-10-5-4-7-14(16)13-22-17(23)11-6-12-24-15-8-2-1-3-9-15/h1-5,7-10H,6,11-13H2,(H,22,23). The molecule has 0 saturated heterocycles. The van der Waals surface area contributed by atoms with E-state index in [-0.39, 0.29) is 30.2 Å². The maximum Gasteiger partial charge on any atom is 0.573 e. The number of carbonyl (C=O) groups excluding carboxylic acids is 1. The van der Waals surface area contributed by atoms with Gasteiger partial charge in [0.15, 0.2) is 0 Å². The van der Waals surface area contributed by atoms with Crippen molar-refractivity contribution in [3.8, 4) is 11.5 Å². The summed E-state index contributed by atoms with van der Waals surface area (Å²) >= 11 is 0. The number of carbonyl (C=O) groups is 1. The lowest BCUT2D eigenvalue weighted by Crippen LogP contribution is -2.24. The quantitative estimate of drug-likeness (QED) is 0.728. The van der Waals surface area contributed by atoms with Crippen LogP contribution in [0.4, 0.5) is 13.2 Å². The molecule has 0 unspecified atom stereocenters. The van der Waals surface area contributed by atoms with Crippen LogP contribution in [0.5, 0.6) is 11.5 Å². The van der Waals surface area contributed by atoms with Crippen LogP contribution in [0.3, 0.4) is 0 Å². The third kappa shape index (κ3) is 7.15. The van der Waals surface area contributed by atoms with Crippen molar-refractivity contribution in [1.82, 2.24) is 5.32 Å². The van der Waals surface area contributed by atoms with Gasteiger partial charge in [0.25, 0.3) is 0 Å². The van der Waals surface area contributed by atoms with Crippen LogP contribution in [0.15, 0.2) is 54.6 Å². The van der Waals surface area contributed by atoms with Gasteiger partial charge in [-0.05, 0) is 24.6 Å². The van der Waals surface area contributed by atoms with E-state index in [9.17, 15) is 18.0 Å². The monoisotopic (exact) mass is 353 g/mol. The second-order valence-electron chi connectivity index (χ2n) is 5.20. The Labute approximate surface area is 143 Å². The summed E-state index contributed by atoms with van der Waals surface area (Å²) in [5.41, 5.74) is 0.258. The second kappa shape index (κ2) is 8.96. The molecule has 0 saturated carbocycles. The average molecular weight is 353 g/mol. The number of hydrogen-bond acceptors (Lipinski definition) is 3. The van der Waals surface area contributed by atoms with Gasteiger partial charge in [0.2, 0.25) is 5.91 Å². The predicted molar refractivity (Wildman–Crippen MR) is 86.1 cm³/mol. The molecule has 2 aromatic rings. The summed E-state index contributed by atoms with van der Waals surface area (Å²) in [7, 11) is 0. The molecule has 0 aliphatic heterocycles. The Morgan fingerprint density at radius 1 is 1.00 bits per heavy atom. The molecule has 7 heteroatoms. The van der Waals surface area contributed by atoms with Gasteiger partial charge in [0, 0.05) is 18.5 Å². The zero-order chi connectivity index (χ0) is 18.1. The molecule has 4 nitrogen and oxygen atoms in total. The van der Waals surface area contributed by atoms with Gasteiger partial charge >= 0.3 is 6.36 Å². The summed E-state index contributed by atoms with van der Waals surface area (Å²) in [4.78, 5) is 11.8. The van der Waals surface area contributed by atoms with Gasteiger partial charge in [-0.25, -0.2) is 0 Å². The smallest absolute Gasteiger partial charge is 0.494 e. The number of hydrogen-bond donors (Lipinski definition) is 1. The van der Waals surface area contributed by atoms with Crippen molar-refractivity contribution in [2.24, 2.45) is 0 Å². The van der Waals surface area contributed by atoms with E-state index in [1.807, 2.05) is 30.3 Å². The van der Waals surface area contributed by atoms with E-state index >= 15 is 0 Å². The molecule has 134 valence electrons. The van der Waals surface area contributed by atoms with Gasteiger partial charge in [0.1, 0.15) is 11.5 Å². The number of halogens is 3. The third-order valence-corrected chi connectivity index (χ3v) is 3.23. The molecule has 25 heavy (non-hydrogen) atoms. The van der Waals surface area contributed by atoms with Gasteiger partial charge in [0.05, 0.1) is 6.61 Å². The third-order valence-electron chi connectivity index (χ3n) is 3.23. The summed E-state index contributed by atoms with van der Waals surface area (Å²) in [6, 6.07) is 14.9. The number of amides is 1. The summed E-state index contributed by atoms with van der Waals surface area (Å²) in [5.74, 6) is 0.141. The average Bonchev–Trinajstić information content (AvgIpc) is 2.57. The van der Waals surface area contributed by atoms with Gasteiger partial charge in [-0.3, -0.25) is 4.79 Å². The first-order valence-corrected chi connectivity index (χ1v) is 7.72. The molecule has 1 amide bonds. The van der Waals surface area contributed by atoms with Crippen molar-refractivity contribution in [2.75, 3.05) is 6.61 Å².